The molecule has 0 spiro atoms. The Balaban J connectivity index is 3.50. The minimum atomic E-state index is 0.338. The van der Waals surface area contributed by atoms with Crippen LogP contribution in [0.4, 0.5) is 0 Å². The van der Waals surface area contributed by atoms with Gasteiger partial charge in [-0.3, -0.25) is 4.79 Å². The molecule has 0 saturated carbocycles. The fraction of sp³-hybridized carbons (Fsp3) is 0.909. The Morgan fingerprint density at radius 1 is 1.31 bits per heavy atom. The lowest BCUT2D eigenvalue weighted by molar-refractivity contribution is -0.119. The van der Waals surface area contributed by atoms with Crippen LogP contribution < -0.4 is 5.32 Å². The number of carbonyl (C=O) groups excluding carboxylic acids is 1. The standard InChI is InChI=1S/C11H23NO/c1-5-12-10(4)8-11(13)7-6-9(2)3/h9-10,12H,5-8H2,1-4H3. The van der Waals surface area contributed by atoms with Crippen LogP contribution in [0.5, 0.6) is 0 Å². The molecule has 0 aromatic carbocycles. The highest BCUT2D eigenvalue weighted by atomic mass is 16.1. The predicted molar refractivity (Wildman–Crippen MR) is 56.8 cm³/mol. The zero-order valence-electron chi connectivity index (χ0n) is 9.39. The predicted octanol–water partition coefficient (Wildman–Crippen LogP) is 2.38. The van der Waals surface area contributed by atoms with Crippen LogP contribution in [-0.4, -0.2) is 18.4 Å². The molecule has 0 aromatic heterocycles. The van der Waals surface area contributed by atoms with Crippen molar-refractivity contribution >= 4 is 5.78 Å². The number of hydrogen-bond acceptors (Lipinski definition) is 2. The second kappa shape index (κ2) is 7.07. The van der Waals surface area contributed by atoms with Crippen molar-refractivity contribution in [2.24, 2.45) is 5.92 Å². The molecule has 0 aliphatic carbocycles. The summed E-state index contributed by atoms with van der Waals surface area (Å²) in [6, 6.07) is 0.338. The first kappa shape index (κ1) is 12.6. The van der Waals surface area contributed by atoms with Gasteiger partial charge in [0.1, 0.15) is 5.78 Å². The smallest absolute Gasteiger partial charge is 0.134 e. The maximum atomic E-state index is 11.4. The minimum absolute atomic E-state index is 0.338. The molecule has 1 N–H and O–H groups in total. The van der Waals surface area contributed by atoms with E-state index in [0.717, 1.165) is 19.4 Å². The number of Topliss-reactive ketones (excluding diaryl/α,β-unsaturated/α-hetero) is 1. The molecule has 78 valence electrons. The molecule has 0 aliphatic heterocycles. The molecule has 0 bridgehead atoms. The van der Waals surface area contributed by atoms with Crippen molar-refractivity contribution in [3.05, 3.63) is 0 Å². The van der Waals surface area contributed by atoms with Gasteiger partial charge in [-0.05, 0) is 25.8 Å². The molecule has 1 unspecified atom stereocenters. The Labute approximate surface area is 82.1 Å². The van der Waals surface area contributed by atoms with Crippen LogP contribution in [0.1, 0.15) is 47.0 Å². The third-order valence-corrected chi connectivity index (χ3v) is 2.09. The summed E-state index contributed by atoms with van der Waals surface area (Å²) >= 11 is 0. The maximum Gasteiger partial charge on any atom is 0.134 e. The Bertz CT molecular complexity index is 143. The van der Waals surface area contributed by atoms with Gasteiger partial charge in [-0.1, -0.05) is 20.8 Å². The molecule has 2 nitrogen and oxygen atoms in total. The van der Waals surface area contributed by atoms with Crippen molar-refractivity contribution in [2.75, 3.05) is 6.54 Å². The third-order valence-electron chi connectivity index (χ3n) is 2.09. The fourth-order valence-electron chi connectivity index (χ4n) is 1.31. The van der Waals surface area contributed by atoms with Crippen molar-refractivity contribution in [3.8, 4) is 0 Å². The normalized spacial score (nSPS) is 13.3. The molecule has 13 heavy (non-hydrogen) atoms. The number of ketones is 1. The molecule has 0 saturated heterocycles. The summed E-state index contributed by atoms with van der Waals surface area (Å²) in [6.07, 6.45) is 2.45. The topological polar surface area (TPSA) is 29.1 Å². The van der Waals surface area contributed by atoms with E-state index in [-0.39, 0.29) is 0 Å². The van der Waals surface area contributed by atoms with E-state index in [1.54, 1.807) is 0 Å². The summed E-state index contributed by atoms with van der Waals surface area (Å²) in [5.41, 5.74) is 0. The second-order valence-corrected chi connectivity index (χ2v) is 4.13. The summed E-state index contributed by atoms with van der Waals surface area (Å²) in [4.78, 5) is 11.4. The van der Waals surface area contributed by atoms with E-state index in [1.165, 1.54) is 0 Å². The third kappa shape index (κ3) is 7.97. The van der Waals surface area contributed by atoms with Gasteiger partial charge in [-0.25, -0.2) is 0 Å². The number of hydrogen-bond donors (Lipinski definition) is 1. The van der Waals surface area contributed by atoms with Crippen LogP contribution in [0, 0.1) is 5.92 Å². The van der Waals surface area contributed by atoms with E-state index >= 15 is 0 Å². The molecule has 0 amide bonds. The van der Waals surface area contributed by atoms with Crippen LogP contribution in [0.2, 0.25) is 0 Å². The van der Waals surface area contributed by atoms with E-state index in [4.69, 9.17) is 0 Å². The van der Waals surface area contributed by atoms with Gasteiger partial charge < -0.3 is 5.32 Å². The van der Waals surface area contributed by atoms with Gasteiger partial charge >= 0.3 is 0 Å². The number of nitrogens with one attached hydrogen (secondary N) is 1. The van der Waals surface area contributed by atoms with Gasteiger partial charge in [0.15, 0.2) is 0 Å². The highest BCUT2D eigenvalue weighted by molar-refractivity contribution is 5.78. The lowest BCUT2D eigenvalue weighted by Crippen LogP contribution is -2.28. The van der Waals surface area contributed by atoms with Crippen molar-refractivity contribution in [2.45, 2.75) is 53.0 Å². The van der Waals surface area contributed by atoms with Gasteiger partial charge in [-0.2, -0.15) is 0 Å². The summed E-state index contributed by atoms with van der Waals surface area (Å²) in [5, 5.41) is 3.24. The highest BCUT2D eigenvalue weighted by Gasteiger charge is 2.08. The van der Waals surface area contributed by atoms with Crippen molar-refractivity contribution in [1.82, 2.24) is 5.32 Å². The quantitative estimate of drug-likeness (QED) is 0.660. The molecule has 2 heteroatoms. The molecular weight excluding hydrogens is 162 g/mol. The fourth-order valence-corrected chi connectivity index (χ4v) is 1.31. The molecule has 0 radical (unpaired) electrons. The summed E-state index contributed by atoms with van der Waals surface area (Å²) in [5.74, 6) is 1.03. The summed E-state index contributed by atoms with van der Waals surface area (Å²) in [6.45, 7) is 9.38. The van der Waals surface area contributed by atoms with Crippen molar-refractivity contribution in [3.63, 3.8) is 0 Å². The van der Waals surface area contributed by atoms with Gasteiger partial charge in [0.2, 0.25) is 0 Å². The van der Waals surface area contributed by atoms with E-state index < -0.39 is 0 Å². The SMILES string of the molecule is CCNC(C)CC(=O)CCC(C)C. The maximum absolute atomic E-state index is 11.4. The average molecular weight is 185 g/mol. The molecular formula is C11H23NO. The second-order valence-electron chi connectivity index (χ2n) is 4.13. The number of carbonyl (C=O) groups is 1. The minimum Gasteiger partial charge on any atom is -0.314 e. The van der Waals surface area contributed by atoms with Crippen LogP contribution in [0.25, 0.3) is 0 Å². The molecule has 0 aromatic rings. The van der Waals surface area contributed by atoms with Gasteiger partial charge in [-0.15, -0.1) is 0 Å². The Kier molecular flexibility index (Phi) is 6.87. The van der Waals surface area contributed by atoms with Crippen molar-refractivity contribution < 1.29 is 4.79 Å². The lowest BCUT2D eigenvalue weighted by atomic mass is 10.0. The Morgan fingerprint density at radius 2 is 1.92 bits per heavy atom. The van der Waals surface area contributed by atoms with Crippen LogP contribution in [0.3, 0.4) is 0 Å². The zero-order chi connectivity index (χ0) is 10.3. The van der Waals surface area contributed by atoms with Crippen LogP contribution in [-0.2, 0) is 4.79 Å². The summed E-state index contributed by atoms with van der Waals surface area (Å²) < 4.78 is 0. The van der Waals surface area contributed by atoms with E-state index in [0.29, 0.717) is 24.2 Å². The van der Waals surface area contributed by atoms with Crippen LogP contribution in [0.15, 0.2) is 0 Å². The first-order chi connectivity index (χ1) is 6.06. The molecule has 0 fully saturated rings. The van der Waals surface area contributed by atoms with Crippen molar-refractivity contribution in [1.29, 1.82) is 0 Å². The lowest BCUT2D eigenvalue weighted by Gasteiger charge is -2.11. The van der Waals surface area contributed by atoms with E-state index in [9.17, 15) is 4.79 Å². The zero-order valence-corrected chi connectivity index (χ0v) is 9.39. The van der Waals surface area contributed by atoms with E-state index in [2.05, 4.69) is 33.0 Å². The monoisotopic (exact) mass is 185 g/mol. The molecule has 0 heterocycles. The molecule has 1 atom stereocenters. The molecule has 0 rings (SSSR count). The Morgan fingerprint density at radius 3 is 2.38 bits per heavy atom. The average Bonchev–Trinajstić information content (AvgIpc) is 2.01. The van der Waals surface area contributed by atoms with Crippen LogP contribution >= 0.6 is 0 Å². The molecule has 0 aliphatic rings. The van der Waals surface area contributed by atoms with E-state index in [1.807, 2.05) is 0 Å². The van der Waals surface area contributed by atoms with Gasteiger partial charge in [0, 0.05) is 18.9 Å². The Hall–Kier alpha value is -0.370. The van der Waals surface area contributed by atoms with Gasteiger partial charge in [0.05, 0.1) is 0 Å². The largest absolute Gasteiger partial charge is 0.314 e. The number of rotatable bonds is 7. The first-order valence-electron chi connectivity index (χ1n) is 5.31. The summed E-state index contributed by atoms with van der Waals surface area (Å²) in [7, 11) is 0. The first-order valence-corrected chi connectivity index (χ1v) is 5.31. The highest BCUT2D eigenvalue weighted by Crippen LogP contribution is 2.06. The van der Waals surface area contributed by atoms with Gasteiger partial charge in [0.25, 0.3) is 0 Å².